The third-order valence-electron chi connectivity index (χ3n) is 4.61. The molecule has 3 atom stereocenters. The van der Waals surface area contributed by atoms with Crippen LogP contribution in [0.25, 0.3) is 0 Å². The summed E-state index contributed by atoms with van der Waals surface area (Å²) in [6, 6.07) is 6.75. The molecule has 1 aliphatic heterocycles. The van der Waals surface area contributed by atoms with E-state index in [4.69, 9.17) is 9.47 Å². The third kappa shape index (κ3) is 5.11. The minimum Gasteiger partial charge on any atom is -0.491 e. The van der Waals surface area contributed by atoms with Crippen molar-refractivity contribution in [2.45, 2.75) is 51.2 Å². The summed E-state index contributed by atoms with van der Waals surface area (Å²) in [5, 5.41) is 0. The number of carbonyl (C=O) groups excluding carboxylic acids is 1. The van der Waals surface area contributed by atoms with Crippen molar-refractivity contribution in [3.8, 4) is 5.75 Å². The number of benzene rings is 1. The Bertz CT molecular complexity index is 718. The van der Waals surface area contributed by atoms with Crippen molar-refractivity contribution < 1.29 is 22.7 Å². The standard InChI is InChI=1S/C18H28N2O5S/c1-12(2)14-6-8-15(9-7-14)25-11-17-16(19-26(5,22)23)10-13(3)20(17)18(21)24-4/h6-9,12-13,16-17,19H,10-11H2,1-5H3/t13-,16+,17+/m1/s1. The number of carbonyl (C=O) groups is 1. The molecule has 7 nitrogen and oxygen atoms in total. The highest BCUT2D eigenvalue weighted by molar-refractivity contribution is 7.88. The molecule has 8 heteroatoms. The second-order valence-corrected chi connectivity index (χ2v) is 8.84. The Labute approximate surface area is 155 Å². The minimum atomic E-state index is -3.40. The van der Waals surface area contributed by atoms with Crippen molar-refractivity contribution in [3.05, 3.63) is 29.8 Å². The summed E-state index contributed by atoms with van der Waals surface area (Å²) >= 11 is 0. The van der Waals surface area contributed by atoms with Crippen LogP contribution in [0.15, 0.2) is 24.3 Å². The average Bonchev–Trinajstić information content (AvgIpc) is 2.85. The quantitative estimate of drug-likeness (QED) is 0.814. The maximum atomic E-state index is 12.1. The van der Waals surface area contributed by atoms with Gasteiger partial charge in [-0.05, 0) is 37.0 Å². The van der Waals surface area contributed by atoms with Crippen LogP contribution in [0.4, 0.5) is 4.79 Å². The number of hydrogen-bond acceptors (Lipinski definition) is 5. The molecule has 0 saturated carbocycles. The Morgan fingerprint density at radius 3 is 2.42 bits per heavy atom. The SMILES string of the molecule is COC(=O)N1[C@H](C)C[C@H](NS(C)(=O)=O)[C@@H]1COc1ccc(C(C)C)cc1. The summed E-state index contributed by atoms with van der Waals surface area (Å²) in [5.74, 6) is 1.11. The Balaban J connectivity index is 2.15. The molecule has 1 fully saturated rings. The van der Waals surface area contributed by atoms with Gasteiger partial charge in [-0.1, -0.05) is 26.0 Å². The smallest absolute Gasteiger partial charge is 0.410 e. The van der Waals surface area contributed by atoms with Crippen LogP contribution in [0.2, 0.25) is 0 Å². The summed E-state index contributed by atoms with van der Waals surface area (Å²) in [7, 11) is -2.09. The second-order valence-electron chi connectivity index (χ2n) is 7.06. The van der Waals surface area contributed by atoms with Crippen molar-refractivity contribution >= 4 is 16.1 Å². The number of likely N-dealkylation sites (tertiary alicyclic amines) is 1. The summed E-state index contributed by atoms with van der Waals surface area (Å²) < 4.78 is 36.7. The highest BCUT2D eigenvalue weighted by Crippen LogP contribution is 2.27. The lowest BCUT2D eigenvalue weighted by atomic mass is 10.0. The molecule has 1 aliphatic rings. The van der Waals surface area contributed by atoms with Crippen LogP contribution in [0.3, 0.4) is 0 Å². The van der Waals surface area contributed by atoms with Crippen molar-refractivity contribution in [2.24, 2.45) is 0 Å². The number of sulfonamides is 1. The Hall–Kier alpha value is -1.80. The molecule has 2 rings (SSSR count). The van der Waals surface area contributed by atoms with Gasteiger partial charge in [0.15, 0.2) is 0 Å². The Morgan fingerprint density at radius 2 is 1.92 bits per heavy atom. The predicted molar refractivity (Wildman–Crippen MR) is 99.9 cm³/mol. The maximum absolute atomic E-state index is 12.1. The first-order valence-electron chi connectivity index (χ1n) is 8.68. The zero-order chi connectivity index (χ0) is 19.5. The van der Waals surface area contributed by atoms with Gasteiger partial charge in [0.1, 0.15) is 12.4 Å². The van der Waals surface area contributed by atoms with Gasteiger partial charge in [0.2, 0.25) is 10.0 Å². The summed E-state index contributed by atoms with van der Waals surface area (Å²) in [4.78, 5) is 13.7. The molecule has 26 heavy (non-hydrogen) atoms. The highest BCUT2D eigenvalue weighted by Gasteiger charge is 2.44. The molecule has 0 bridgehead atoms. The van der Waals surface area contributed by atoms with Crippen molar-refractivity contribution in [1.29, 1.82) is 0 Å². The number of nitrogens with zero attached hydrogens (tertiary/aromatic N) is 1. The molecule has 0 radical (unpaired) electrons. The van der Waals surface area contributed by atoms with E-state index in [0.717, 1.165) is 6.26 Å². The van der Waals surface area contributed by atoms with Crippen molar-refractivity contribution in [1.82, 2.24) is 9.62 Å². The van der Waals surface area contributed by atoms with E-state index in [1.54, 1.807) is 4.90 Å². The van der Waals surface area contributed by atoms with Crippen LogP contribution in [0.5, 0.6) is 5.75 Å². The van der Waals surface area contributed by atoms with Crippen LogP contribution in [0.1, 0.15) is 38.7 Å². The Kier molecular flexibility index (Phi) is 6.52. The fraction of sp³-hybridized carbons (Fsp3) is 0.611. The molecule has 0 aliphatic carbocycles. The van der Waals surface area contributed by atoms with E-state index < -0.39 is 28.2 Å². The molecule has 0 spiro atoms. The van der Waals surface area contributed by atoms with Gasteiger partial charge in [0.25, 0.3) is 0 Å². The molecule has 1 N–H and O–H groups in total. The average molecular weight is 384 g/mol. The van der Waals surface area contributed by atoms with E-state index in [2.05, 4.69) is 18.6 Å². The highest BCUT2D eigenvalue weighted by atomic mass is 32.2. The lowest BCUT2D eigenvalue weighted by molar-refractivity contribution is 0.0888. The number of methoxy groups -OCH3 is 1. The summed E-state index contributed by atoms with van der Waals surface area (Å²) in [6.45, 7) is 6.27. The molecule has 1 amide bonds. The lowest BCUT2D eigenvalue weighted by Crippen LogP contribution is -2.50. The molecule has 146 valence electrons. The molecule has 1 aromatic rings. The van der Waals surface area contributed by atoms with E-state index in [1.165, 1.54) is 12.7 Å². The van der Waals surface area contributed by atoms with Crippen LogP contribution >= 0.6 is 0 Å². The van der Waals surface area contributed by atoms with Crippen LogP contribution in [-0.2, 0) is 14.8 Å². The summed E-state index contributed by atoms with van der Waals surface area (Å²) in [5.41, 5.74) is 1.21. The van der Waals surface area contributed by atoms with Gasteiger partial charge in [-0.15, -0.1) is 0 Å². The number of rotatable bonds is 6. The normalized spacial score (nSPS) is 23.3. The lowest BCUT2D eigenvalue weighted by Gasteiger charge is -2.29. The van der Waals surface area contributed by atoms with Crippen LogP contribution in [-0.4, -0.2) is 57.5 Å². The van der Waals surface area contributed by atoms with Crippen LogP contribution < -0.4 is 9.46 Å². The monoisotopic (exact) mass is 384 g/mol. The van der Waals surface area contributed by atoms with E-state index >= 15 is 0 Å². The first-order chi connectivity index (χ1) is 12.1. The largest absolute Gasteiger partial charge is 0.491 e. The molecule has 0 aromatic heterocycles. The van der Waals surface area contributed by atoms with E-state index in [1.807, 2.05) is 31.2 Å². The maximum Gasteiger partial charge on any atom is 0.410 e. The molecule has 1 heterocycles. The van der Waals surface area contributed by atoms with Gasteiger partial charge >= 0.3 is 6.09 Å². The van der Waals surface area contributed by atoms with Gasteiger partial charge in [-0.3, -0.25) is 4.90 Å². The molecular weight excluding hydrogens is 356 g/mol. The van der Waals surface area contributed by atoms with Crippen LogP contribution in [0, 0.1) is 0 Å². The molecular formula is C18H28N2O5S. The van der Waals surface area contributed by atoms with E-state index in [-0.39, 0.29) is 12.6 Å². The van der Waals surface area contributed by atoms with Gasteiger partial charge < -0.3 is 9.47 Å². The first kappa shape index (κ1) is 20.5. The first-order valence-corrected chi connectivity index (χ1v) is 10.6. The zero-order valence-corrected chi connectivity index (χ0v) is 16.7. The van der Waals surface area contributed by atoms with Crippen molar-refractivity contribution in [3.63, 3.8) is 0 Å². The zero-order valence-electron chi connectivity index (χ0n) is 15.9. The van der Waals surface area contributed by atoms with E-state index in [9.17, 15) is 13.2 Å². The molecule has 1 aromatic carbocycles. The predicted octanol–water partition coefficient (Wildman–Crippen LogP) is 2.34. The van der Waals surface area contributed by atoms with Gasteiger partial charge in [-0.2, -0.15) is 0 Å². The number of amides is 1. The number of ether oxygens (including phenoxy) is 2. The van der Waals surface area contributed by atoms with Crippen molar-refractivity contribution in [2.75, 3.05) is 20.0 Å². The third-order valence-corrected chi connectivity index (χ3v) is 5.34. The topological polar surface area (TPSA) is 84.9 Å². The number of nitrogens with one attached hydrogen (secondary N) is 1. The van der Waals surface area contributed by atoms with E-state index in [0.29, 0.717) is 18.1 Å². The number of hydrogen-bond donors (Lipinski definition) is 1. The Morgan fingerprint density at radius 1 is 1.31 bits per heavy atom. The summed E-state index contributed by atoms with van der Waals surface area (Å²) in [6.07, 6.45) is 1.13. The molecule has 0 unspecified atom stereocenters. The van der Waals surface area contributed by atoms with Gasteiger partial charge in [-0.25, -0.2) is 17.9 Å². The minimum absolute atomic E-state index is 0.154. The van der Waals surface area contributed by atoms with Gasteiger partial charge in [0.05, 0.1) is 19.4 Å². The fourth-order valence-corrected chi connectivity index (χ4v) is 4.11. The molecule has 1 saturated heterocycles. The fourth-order valence-electron chi connectivity index (χ4n) is 3.31. The van der Waals surface area contributed by atoms with Gasteiger partial charge in [0, 0.05) is 12.1 Å². The second kappa shape index (κ2) is 8.26.